The number of nitrogens with one attached hydrogen (secondary N) is 1. The molecule has 1 N–H and O–H groups in total. The number of carbonyl (C=O) groups excluding carboxylic acids is 1. The van der Waals surface area contributed by atoms with Crippen LogP contribution in [0.4, 0.5) is 0 Å². The van der Waals surface area contributed by atoms with Crippen molar-refractivity contribution in [3.05, 3.63) is 59.1 Å². The first-order valence-electron chi connectivity index (χ1n) is 9.99. The van der Waals surface area contributed by atoms with Crippen LogP contribution in [0.2, 0.25) is 0 Å². The number of hydrogen-bond donors (Lipinski definition) is 1. The summed E-state index contributed by atoms with van der Waals surface area (Å²) >= 11 is 1.64. The average Bonchev–Trinajstić information content (AvgIpc) is 3.44. The van der Waals surface area contributed by atoms with Gasteiger partial charge in [-0.3, -0.25) is 9.48 Å². The second-order valence-electron chi connectivity index (χ2n) is 7.17. The first-order valence-corrected chi connectivity index (χ1v) is 12.3. The summed E-state index contributed by atoms with van der Waals surface area (Å²) in [7, 11) is -3.57. The third-order valence-corrected chi connectivity index (χ3v) is 7.89. The van der Waals surface area contributed by atoms with Crippen molar-refractivity contribution >= 4 is 27.3 Å². The molecule has 0 saturated carbocycles. The standard InChI is InChI=1S/C21H24N4O4S2/c1-16-15-19(20-3-2-14-30-20)23-25(16)9-8-22-21(26)17-4-6-18(7-5-17)31(27,28)24-10-12-29-13-11-24/h2-7,14-15H,8-13H2,1H3,(H,22,26). The Hall–Kier alpha value is -2.53. The van der Waals surface area contributed by atoms with Crippen LogP contribution in [0, 0.1) is 6.92 Å². The highest BCUT2D eigenvalue weighted by atomic mass is 32.2. The molecule has 0 aliphatic carbocycles. The van der Waals surface area contributed by atoms with E-state index in [2.05, 4.69) is 10.4 Å². The fourth-order valence-corrected chi connectivity index (χ4v) is 5.46. The van der Waals surface area contributed by atoms with E-state index in [1.54, 1.807) is 11.3 Å². The van der Waals surface area contributed by atoms with Gasteiger partial charge in [-0.05, 0) is 48.7 Å². The van der Waals surface area contributed by atoms with E-state index < -0.39 is 10.0 Å². The summed E-state index contributed by atoms with van der Waals surface area (Å²) in [6.45, 7) is 4.41. The van der Waals surface area contributed by atoms with Crippen molar-refractivity contribution in [1.29, 1.82) is 0 Å². The van der Waals surface area contributed by atoms with Crippen molar-refractivity contribution in [1.82, 2.24) is 19.4 Å². The summed E-state index contributed by atoms with van der Waals surface area (Å²) in [6, 6.07) is 12.1. The van der Waals surface area contributed by atoms with Gasteiger partial charge >= 0.3 is 0 Å². The predicted octanol–water partition coefficient (Wildman–Crippen LogP) is 2.37. The molecule has 0 atom stereocenters. The van der Waals surface area contributed by atoms with E-state index in [1.807, 2.05) is 35.2 Å². The molecule has 1 amide bonds. The van der Waals surface area contributed by atoms with Crippen molar-refractivity contribution in [3.8, 4) is 10.6 Å². The summed E-state index contributed by atoms with van der Waals surface area (Å²) in [4.78, 5) is 13.7. The van der Waals surface area contributed by atoms with E-state index >= 15 is 0 Å². The molecule has 2 aromatic heterocycles. The summed E-state index contributed by atoms with van der Waals surface area (Å²) in [5.74, 6) is -0.251. The van der Waals surface area contributed by atoms with Gasteiger partial charge in [-0.2, -0.15) is 9.40 Å². The Kier molecular flexibility index (Phi) is 6.51. The highest BCUT2D eigenvalue weighted by molar-refractivity contribution is 7.89. The molecule has 10 heteroatoms. The van der Waals surface area contributed by atoms with Crippen LogP contribution in [0.15, 0.2) is 52.7 Å². The lowest BCUT2D eigenvalue weighted by atomic mass is 10.2. The third kappa shape index (κ3) is 4.87. The molecule has 1 aliphatic rings. The Labute approximate surface area is 185 Å². The molecule has 1 fully saturated rings. The smallest absolute Gasteiger partial charge is 0.251 e. The van der Waals surface area contributed by atoms with Gasteiger partial charge in [0.1, 0.15) is 5.69 Å². The molecule has 3 heterocycles. The van der Waals surface area contributed by atoms with Gasteiger partial charge in [0.2, 0.25) is 10.0 Å². The Balaban J connectivity index is 1.34. The van der Waals surface area contributed by atoms with E-state index in [9.17, 15) is 13.2 Å². The largest absolute Gasteiger partial charge is 0.379 e. The molecule has 0 unspecified atom stereocenters. The molecule has 8 nitrogen and oxygen atoms in total. The van der Waals surface area contributed by atoms with Gasteiger partial charge in [0.25, 0.3) is 5.91 Å². The number of amides is 1. The monoisotopic (exact) mass is 460 g/mol. The number of ether oxygens (including phenoxy) is 1. The van der Waals surface area contributed by atoms with Crippen LogP contribution in [-0.4, -0.2) is 61.3 Å². The van der Waals surface area contributed by atoms with Gasteiger partial charge in [0.05, 0.1) is 29.5 Å². The number of rotatable bonds is 7. The Morgan fingerprint density at radius 3 is 2.61 bits per heavy atom. The van der Waals surface area contributed by atoms with Crippen LogP contribution < -0.4 is 5.32 Å². The van der Waals surface area contributed by atoms with Crippen LogP contribution in [0.1, 0.15) is 16.1 Å². The molecule has 1 saturated heterocycles. The van der Waals surface area contributed by atoms with Crippen LogP contribution >= 0.6 is 11.3 Å². The lowest BCUT2D eigenvalue weighted by Crippen LogP contribution is -2.40. The van der Waals surface area contributed by atoms with Gasteiger partial charge in [-0.25, -0.2) is 8.42 Å². The number of hydrogen-bond acceptors (Lipinski definition) is 6. The predicted molar refractivity (Wildman–Crippen MR) is 119 cm³/mol. The second kappa shape index (κ2) is 9.31. The number of nitrogens with zero attached hydrogens (tertiary/aromatic N) is 3. The number of carbonyl (C=O) groups is 1. The van der Waals surface area contributed by atoms with Crippen molar-refractivity contribution in [2.75, 3.05) is 32.8 Å². The minimum atomic E-state index is -3.57. The van der Waals surface area contributed by atoms with Crippen molar-refractivity contribution < 1.29 is 17.9 Å². The number of morpholine rings is 1. The molecule has 0 bridgehead atoms. The van der Waals surface area contributed by atoms with Crippen LogP contribution in [0.5, 0.6) is 0 Å². The highest BCUT2D eigenvalue weighted by Gasteiger charge is 2.26. The van der Waals surface area contributed by atoms with Crippen LogP contribution in [-0.2, 0) is 21.3 Å². The zero-order valence-corrected chi connectivity index (χ0v) is 18.8. The summed E-state index contributed by atoms with van der Waals surface area (Å²) in [6.07, 6.45) is 0. The highest BCUT2D eigenvalue weighted by Crippen LogP contribution is 2.23. The average molecular weight is 461 g/mol. The maximum atomic E-state index is 12.7. The van der Waals surface area contributed by atoms with Gasteiger partial charge in [-0.15, -0.1) is 11.3 Å². The minimum absolute atomic E-state index is 0.180. The van der Waals surface area contributed by atoms with E-state index in [0.29, 0.717) is 45.0 Å². The fourth-order valence-electron chi connectivity index (χ4n) is 3.37. The molecule has 1 aromatic carbocycles. The van der Waals surface area contributed by atoms with Gasteiger partial charge in [-0.1, -0.05) is 6.07 Å². The molecule has 3 aromatic rings. The molecule has 4 rings (SSSR count). The van der Waals surface area contributed by atoms with Crippen LogP contribution in [0.3, 0.4) is 0 Å². The minimum Gasteiger partial charge on any atom is -0.379 e. The summed E-state index contributed by atoms with van der Waals surface area (Å²) in [5.41, 5.74) is 2.36. The van der Waals surface area contributed by atoms with Crippen molar-refractivity contribution in [2.24, 2.45) is 0 Å². The van der Waals surface area contributed by atoms with Crippen LogP contribution in [0.25, 0.3) is 10.6 Å². The quantitative estimate of drug-likeness (QED) is 0.584. The molecule has 0 spiro atoms. The number of aryl methyl sites for hydroxylation is 1. The first kappa shape index (κ1) is 21.7. The van der Waals surface area contributed by atoms with Gasteiger partial charge in [0.15, 0.2) is 0 Å². The number of thiophene rings is 1. The van der Waals surface area contributed by atoms with Gasteiger partial charge in [0, 0.05) is 30.9 Å². The maximum Gasteiger partial charge on any atom is 0.251 e. The topological polar surface area (TPSA) is 93.5 Å². The fraction of sp³-hybridized carbons (Fsp3) is 0.333. The normalized spacial score (nSPS) is 15.1. The van der Waals surface area contributed by atoms with E-state index in [4.69, 9.17) is 4.74 Å². The molecule has 164 valence electrons. The Bertz CT molecular complexity index is 1130. The summed E-state index contributed by atoms with van der Waals surface area (Å²) in [5, 5.41) is 9.48. The molecular formula is C21H24N4O4S2. The van der Waals surface area contributed by atoms with E-state index in [0.717, 1.165) is 16.3 Å². The van der Waals surface area contributed by atoms with E-state index in [1.165, 1.54) is 28.6 Å². The third-order valence-electron chi connectivity index (χ3n) is 5.09. The van der Waals surface area contributed by atoms with Crippen molar-refractivity contribution in [3.63, 3.8) is 0 Å². The number of benzene rings is 1. The second-order valence-corrected chi connectivity index (χ2v) is 10.1. The zero-order valence-electron chi connectivity index (χ0n) is 17.2. The molecular weight excluding hydrogens is 436 g/mol. The molecule has 0 radical (unpaired) electrons. The number of aromatic nitrogens is 2. The Morgan fingerprint density at radius 2 is 1.94 bits per heavy atom. The SMILES string of the molecule is Cc1cc(-c2cccs2)nn1CCNC(=O)c1ccc(S(=O)(=O)N2CCOCC2)cc1. The van der Waals surface area contributed by atoms with Gasteiger partial charge < -0.3 is 10.1 Å². The Morgan fingerprint density at radius 1 is 1.19 bits per heavy atom. The summed E-state index contributed by atoms with van der Waals surface area (Å²) < 4.78 is 33.8. The van der Waals surface area contributed by atoms with Crippen molar-refractivity contribution in [2.45, 2.75) is 18.4 Å². The lowest BCUT2D eigenvalue weighted by Gasteiger charge is -2.26. The zero-order chi connectivity index (χ0) is 21.8. The van der Waals surface area contributed by atoms with E-state index in [-0.39, 0.29) is 10.8 Å². The first-order chi connectivity index (χ1) is 14.9. The number of sulfonamides is 1. The lowest BCUT2D eigenvalue weighted by molar-refractivity contribution is 0.0730. The molecule has 31 heavy (non-hydrogen) atoms. The molecule has 1 aliphatic heterocycles. The maximum absolute atomic E-state index is 12.7.